The molecule has 0 heterocycles. The van der Waals surface area contributed by atoms with Crippen LogP contribution in [-0.2, 0) is 5.75 Å². The van der Waals surface area contributed by atoms with Gasteiger partial charge in [-0.05, 0) is 39.7 Å². The monoisotopic (exact) mass is 311 g/mol. The van der Waals surface area contributed by atoms with Gasteiger partial charge in [0.05, 0.1) is 4.47 Å². The third kappa shape index (κ3) is 3.01. The lowest BCUT2D eigenvalue weighted by Crippen LogP contribution is -1.90. The summed E-state index contributed by atoms with van der Waals surface area (Å²) in [4.78, 5) is 1.02. The van der Waals surface area contributed by atoms with Gasteiger partial charge in [-0.1, -0.05) is 24.3 Å². The summed E-state index contributed by atoms with van der Waals surface area (Å²) < 4.78 is 13.8. The first-order chi connectivity index (χ1) is 8.18. The van der Waals surface area contributed by atoms with Crippen LogP contribution in [0.1, 0.15) is 5.56 Å². The van der Waals surface area contributed by atoms with E-state index in [1.165, 1.54) is 6.07 Å². The first kappa shape index (κ1) is 12.5. The number of nitrogens with two attached hydrogens (primary N) is 1. The minimum atomic E-state index is -0.232. The highest BCUT2D eigenvalue weighted by atomic mass is 79.9. The van der Waals surface area contributed by atoms with Crippen LogP contribution in [0.3, 0.4) is 0 Å². The molecule has 0 radical (unpaired) electrons. The van der Waals surface area contributed by atoms with Crippen LogP contribution in [0.25, 0.3) is 0 Å². The quantitative estimate of drug-likeness (QED) is 0.669. The summed E-state index contributed by atoms with van der Waals surface area (Å²) >= 11 is 4.85. The van der Waals surface area contributed by atoms with E-state index in [-0.39, 0.29) is 5.82 Å². The first-order valence-electron chi connectivity index (χ1n) is 5.08. The number of para-hydroxylation sites is 1. The first-order valence-corrected chi connectivity index (χ1v) is 6.86. The second-order valence-corrected chi connectivity index (χ2v) is 5.35. The smallest absolute Gasteiger partial charge is 0.137 e. The zero-order valence-corrected chi connectivity index (χ0v) is 11.4. The third-order valence-corrected chi connectivity index (χ3v) is 4.36. The van der Waals surface area contributed by atoms with Crippen LogP contribution >= 0.6 is 27.7 Å². The number of benzene rings is 2. The van der Waals surface area contributed by atoms with E-state index in [0.29, 0.717) is 10.2 Å². The molecule has 2 aromatic carbocycles. The Labute approximate surface area is 112 Å². The molecule has 17 heavy (non-hydrogen) atoms. The fourth-order valence-electron chi connectivity index (χ4n) is 1.43. The molecule has 0 spiro atoms. The van der Waals surface area contributed by atoms with Crippen molar-refractivity contribution in [2.45, 2.75) is 10.6 Å². The molecule has 1 nitrogen and oxygen atoms in total. The summed E-state index contributed by atoms with van der Waals surface area (Å²) in [5, 5.41) is 0. The molecule has 0 saturated carbocycles. The van der Waals surface area contributed by atoms with E-state index < -0.39 is 0 Å². The van der Waals surface area contributed by atoms with Crippen molar-refractivity contribution in [2.75, 3.05) is 5.73 Å². The lowest BCUT2D eigenvalue weighted by atomic mass is 10.2. The van der Waals surface area contributed by atoms with Crippen LogP contribution in [0.5, 0.6) is 0 Å². The highest BCUT2D eigenvalue weighted by Gasteiger charge is 2.06. The van der Waals surface area contributed by atoms with Crippen LogP contribution in [0.15, 0.2) is 51.8 Å². The van der Waals surface area contributed by atoms with Gasteiger partial charge in [0.25, 0.3) is 0 Å². The van der Waals surface area contributed by atoms with Crippen molar-refractivity contribution in [2.24, 2.45) is 0 Å². The van der Waals surface area contributed by atoms with E-state index >= 15 is 0 Å². The van der Waals surface area contributed by atoms with Gasteiger partial charge >= 0.3 is 0 Å². The Hall–Kier alpha value is -1.00. The van der Waals surface area contributed by atoms with Crippen molar-refractivity contribution in [3.05, 3.63) is 58.3 Å². The van der Waals surface area contributed by atoms with Crippen molar-refractivity contribution in [3.63, 3.8) is 0 Å². The number of thioether (sulfide) groups is 1. The normalized spacial score (nSPS) is 10.5. The van der Waals surface area contributed by atoms with Crippen LogP contribution < -0.4 is 5.73 Å². The van der Waals surface area contributed by atoms with Crippen molar-refractivity contribution in [3.8, 4) is 0 Å². The summed E-state index contributed by atoms with van der Waals surface area (Å²) in [7, 11) is 0. The molecule has 0 aliphatic rings. The van der Waals surface area contributed by atoms with E-state index in [4.69, 9.17) is 5.73 Å². The average molecular weight is 312 g/mol. The summed E-state index contributed by atoms with van der Waals surface area (Å²) in [6, 6.07) is 12.7. The van der Waals surface area contributed by atoms with Gasteiger partial charge in [-0.25, -0.2) is 4.39 Å². The molecule has 0 atom stereocenters. The number of hydrogen-bond donors (Lipinski definition) is 1. The van der Waals surface area contributed by atoms with Gasteiger partial charge < -0.3 is 5.73 Å². The van der Waals surface area contributed by atoms with Gasteiger partial charge in [-0.3, -0.25) is 0 Å². The third-order valence-electron chi connectivity index (χ3n) is 2.33. The van der Waals surface area contributed by atoms with E-state index in [1.54, 1.807) is 17.8 Å². The Morgan fingerprint density at radius 1 is 1.12 bits per heavy atom. The van der Waals surface area contributed by atoms with Gasteiger partial charge in [0.1, 0.15) is 5.82 Å². The summed E-state index contributed by atoms with van der Waals surface area (Å²) in [5.41, 5.74) is 7.53. The van der Waals surface area contributed by atoms with Crippen LogP contribution in [-0.4, -0.2) is 0 Å². The molecule has 0 fully saturated rings. The Morgan fingerprint density at radius 2 is 1.88 bits per heavy atom. The molecule has 0 bridgehead atoms. The number of rotatable bonds is 3. The number of nitrogen functional groups attached to an aromatic ring is 1. The highest BCUT2D eigenvalue weighted by molar-refractivity contribution is 9.10. The Morgan fingerprint density at radius 3 is 2.65 bits per heavy atom. The standard InChI is InChI=1S/C13H11BrFNS/c14-13-9(4-3-5-10(13)15)8-17-12-7-2-1-6-11(12)16/h1-7H,8,16H2. The predicted octanol–water partition coefficient (Wildman–Crippen LogP) is 4.46. The van der Waals surface area contributed by atoms with Crippen molar-refractivity contribution in [1.29, 1.82) is 0 Å². The molecular formula is C13H11BrFNS. The fourth-order valence-corrected chi connectivity index (χ4v) is 2.98. The van der Waals surface area contributed by atoms with Crippen molar-refractivity contribution < 1.29 is 4.39 Å². The summed E-state index contributed by atoms with van der Waals surface area (Å²) in [5.74, 6) is 0.455. The molecule has 2 N–H and O–H groups in total. The zero-order chi connectivity index (χ0) is 12.3. The lowest BCUT2D eigenvalue weighted by Gasteiger charge is -2.07. The minimum absolute atomic E-state index is 0.232. The van der Waals surface area contributed by atoms with E-state index in [0.717, 1.165) is 16.1 Å². The molecule has 88 valence electrons. The molecule has 4 heteroatoms. The maximum Gasteiger partial charge on any atom is 0.137 e. The van der Waals surface area contributed by atoms with Gasteiger partial charge in [0.2, 0.25) is 0 Å². The summed E-state index contributed by atoms with van der Waals surface area (Å²) in [6.45, 7) is 0. The Bertz CT molecular complexity index is 531. The van der Waals surface area contributed by atoms with Crippen LogP contribution in [0.4, 0.5) is 10.1 Å². The number of hydrogen-bond acceptors (Lipinski definition) is 2. The fraction of sp³-hybridized carbons (Fsp3) is 0.0769. The molecular weight excluding hydrogens is 301 g/mol. The van der Waals surface area contributed by atoms with Gasteiger partial charge in [0, 0.05) is 16.3 Å². The molecule has 0 aliphatic heterocycles. The zero-order valence-electron chi connectivity index (χ0n) is 8.99. The molecule has 2 rings (SSSR count). The largest absolute Gasteiger partial charge is 0.398 e. The van der Waals surface area contributed by atoms with E-state index in [1.807, 2.05) is 30.3 Å². The number of anilines is 1. The SMILES string of the molecule is Nc1ccccc1SCc1cccc(F)c1Br. The minimum Gasteiger partial charge on any atom is -0.398 e. The molecule has 0 aliphatic carbocycles. The van der Waals surface area contributed by atoms with Gasteiger partial charge in [-0.2, -0.15) is 0 Å². The molecule has 0 aromatic heterocycles. The lowest BCUT2D eigenvalue weighted by molar-refractivity contribution is 0.619. The maximum atomic E-state index is 13.3. The topological polar surface area (TPSA) is 26.0 Å². The van der Waals surface area contributed by atoms with Gasteiger partial charge in [0.15, 0.2) is 0 Å². The van der Waals surface area contributed by atoms with Gasteiger partial charge in [-0.15, -0.1) is 11.8 Å². The maximum absolute atomic E-state index is 13.3. The second-order valence-electron chi connectivity index (χ2n) is 3.54. The van der Waals surface area contributed by atoms with Crippen LogP contribution in [0, 0.1) is 5.82 Å². The van der Waals surface area contributed by atoms with Crippen LogP contribution in [0.2, 0.25) is 0 Å². The molecule has 2 aromatic rings. The number of halogens is 2. The second kappa shape index (κ2) is 5.56. The molecule has 0 amide bonds. The van der Waals surface area contributed by atoms with Crippen molar-refractivity contribution in [1.82, 2.24) is 0 Å². The Kier molecular flexibility index (Phi) is 4.07. The highest BCUT2D eigenvalue weighted by Crippen LogP contribution is 2.31. The van der Waals surface area contributed by atoms with E-state index in [2.05, 4.69) is 15.9 Å². The molecule has 0 unspecified atom stereocenters. The Balaban J connectivity index is 2.13. The van der Waals surface area contributed by atoms with E-state index in [9.17, 15) is 4.39 Å². The van der Waals surface area contributed by atoms with Crippen molar-refractivity contribution >= 4 is 33.4 Å². The summed E-state index contributed by atoms with van der Waals surface area (Å²) in [6.07, 6.45) is 0. The molecule has 0 saturated heterocycles. The average Bonchev–Trinajstić information content (AvgIpc) is 2.33. The predicted molar refractivity (Wildman–Crippen MR) is 74.5 cm³/mol.